The van der Waals surface area contributed by atoms with E-state index in [1.165, 1.54) is 32.1 Å². The molecule has 0 spiro atoms. The standard InChI is InChI=1S/C17H29N3O2/c18-17-19-15(11-6-12-4-2-1-3-5-12)16(22)20(17)13-7-9-14(21)10-8-13/h12-15,21H,1-11H2,(H2,18,19). The van der Waals surface area contributed by atoms with Crippen LogP contribution in [-0.4, -0.2) is 40.1 Å². The Kier molecular flexibility index (Phi) is 5.01. The lowest BCUT2D eigenvalue weighted by molar-refractivity contribution is -0.129. The first-order chi connectivity index (χ1) is 10.6. The fourth-order valence-electron chi connectivity index (χ4n) is 4.29. The van der Waals surface area contributed by atoms with Gasteiger partial charge in [0, 0.05) is 6.04 Å². The van der Waals surface area contributed by atoms with Crippen molar-refractivity contribution in [3.63, 3.8) is 0 Å². The van der Waals surface area contributed by atoms with Crippen molar-refractivity contribution in [3.8, 4) is 0 Å². The molecule has 0 bridgehead atoms. The minimum atomic E-state index is -0.256. The molecule has 0 aromatic heterocycles. The number of aliphatic imine (C=N–C) groups is 1. The molecular weight excluding hydrogens is 278 g/mol. The van der Waals surface area contributed by atoms with Crippen LogP contribution in [0, 0.1) is 5.92 Å². The summed E-state index contributed by atoms with van der Waals surface area (Å²) < 4.78 is 0. The molecule has 3 aliphatic rings. The lowest BCUT2D eigenvalue weighted by Gasteiger charge is -2.32. The Labute approximate surface area is 133 Å². The fourth-order valence-corrected chi connectivity index (χ4v) is 4.29. The Morgan fingerprint density at radius 2 is 1.73 bits per heavy atom. The third kappa shape index (κ3) is 3.45. The summed E-state index contributed by atoms with van der Waals surface area (Å²) in [5.74, 6) is 1.27. The van der Waals surface area contributed by atoms with E-state index in [1.54, 1.807) is 4.90 Å². The zero-order chi connectivity index (χ0) is 15.5. The lowest BCUT2D eigenvalue weighted by atomic mass is 9.85. The van der Waals surface area contributed by atoms with Crippen molar-refractivity contribution >= 4 is 11.9 Å². The number of aliphatic hydroxyl groups is 1. The van der Waals surface area contributed by atoms with E-state index < -0.39 is 0 Å². The molecular formula is C17H29N3O2. The first-order valence-corrected chi connectivity index (χ1v) is 8.99. The Balaban J connectivity index is 1.53. The molecule has 22 heavy (non-hydrogen) atoms. The lowest BCUT2D eigenvalue weighted by Crippen LogP contribution is -2.48. The third-order valence-corrected chi connectivity index (χ3v) is 5.66. The summed E-state index contributed by atoms with van der Waals surface area (Å²) >= 11 is 0. The largest absolute Gasteiger partial charge is 0.393 e. The Morgan fingerprint density at radius 1 is 1.05 bits per heavy atom. The summed E-state index contributed by atoms with van der Waals surface area (Å²) in [7, 11) is 0. The third-order valence-electron chi connectivity index (χ3n) is 5.66. The highest BCUT2D eigenvalue weighted by molar-refractivity contribution is 6.04. The summed E-state index contributed by atoms with van der Waals surface area (Å²) in [5.41, 5.74) is 6.03. The summed E-state index contributed by atoms with van der Waals surface area (Å²) in [5, 5.41) is 9.62. The Bertz CT molecular complexity index is 424. The molecule has 0 saturated heterocycles. The predicted octanol–water partition coefficient (Wildman–Crippen LogP) is 2.18. The minimum Gasteiger partial charge on any atom is -0.393 e. The quantitative estimate of drug-likeness (QED) is 0.835. The van der Waals surface area contributed by atoms with Crippen LogP contribution in [-0.2, 0) is 4.79 Å². The van der Waals surface area contributed by atoms with Gasteiger partial charge < -0.3 is 10.8 Å². The van der Waals surface area contributed by atoms with Gasteiger partial charge in [0.15, 0.2) is 5.96 Å². The molecule has 5 nitrogen and oxygen atoms in total. The number of amides is 1. The SMILES string of the molecule is NC1=NC(CCC2CCCCC2)C(=O)N1C1CCC(O)CC1. The highest BCUT2D eigenvalue weighted by Crippen LogP contribution is 2.31. The molecule has 3 rings (SSSR count). The monoisotopic (exact) mass is 307 g/mol. The van der Waals surface area contributed by atoms with Gasteiger partial charge in [-0.15, -0.1) is 0 Å². The van der Waals surface area contributed by atoms with E-state index in [-0.39, 0.29) is 24.1 Å². The predicted molar refractivity (Wildman–Crippen MR) is 86.3 cm³/mol. The second-order valence-electron chi connectivity index (χ2n) is 7.26. The van der Waals surface area contributed by atoms with E-state index in [0.29, 0.717) is 5.96 Å². The number of nitrogens with two attached hydrogens (primary N) is 1. The first kappa shape index (κ1) is 15.8. The van der Waals surface area contributed by atoms with Crippen molar-refractivity contribution in [3.05, 3.63) is 0 Å². The van der Waals surface area contributed by atoms with E-state index in [9.17, 15) is 9.90 Å². The average molecular weight is 307 g/mol. The molecule has 5 heteroatoms. The van der Waals surface area contributed by atoms with E-state index >= 15 is 0 Å². The van der Waals surface area contributed by atoms with Crippen LogP contribution >= 0.6 is 0 Å². The van der Waals surface area contributed by atoms with Crippen molar-refractivity contribution in [2.75, 3.05) is 0 Å². The van der Waals surface area contributed by atoms with Crippen molar-refractivity contribution < 1.29 is 9.90 Å². The van der Waals surface area contributed by atoms with Gasteiger partial charge in [-0.3, -0.25) is 9.69 Å². The van der Waals surface area contributed by atoms with Crippen molar-refractivity contribution in [1.82, 2.24) is 4.90 Å². The van der Waals surface area contributed by atoms with Crippen LogP contribution in [0.4, 0.5) is 0 Å². The molecule has 2 aliphatic carbocycles. The van der Waals surface area contributed by atoms with Crippen LogP contribution in [0.2, 0.25) is 0 Å². The molecule has 1 unspecified atom stereocenters. The summed E-state index contributed by atoms with van der Waals surface area (Å²) in [6.07, 6.45) is 11.6. The zero-order valence-electron chi connectivity index (χ0n) is 13.4. The van der Waals surface area contributed by atoms with E-state index in [4.69, 9.17) is 5.73 Å². The van der Waals surface area contributed by atoms with Crippen molar-refractivity contribution in [1.29, 1.82) is 0 Å². The van der Waals surface area contributed by atoms with Gasteiger partial charge in [0.25, 0.3) is 5.91 Å². The van der Waals surface area contributed by atoms with Gasteiger partial charge in [-0.1, -0.05) is 32.1 Å². The molecule has 0 aromatic carbocycles. The number of hydrogen-bond donors (Lipinski definition) is 2. The molecule has 124 valence electrons. The fraction of sp³-hybridized carbons (Fsp3) is 0.882. The van der Waals surface area contributed by atoms with E-state index in [0.717, 1.165) is 44.4 Å². The molecule has 2 saturated carbocycles. The van der Waals surface area contributed by atoms with Crippen LogP contribution in [0.5, 0.6) is 0 Å². The molecule has 0 radical (unpaired) electrons. The molecule has 1 aliphatic heterocycles. The van der Waals surface area contributed by atoms with Gasteiger partial charge >= 0.3 is 0 Å². The van der Waals surface area contributed by atoms with Gasteiger partial charge in [-0.05, 0) is 44.4 Å². The molecule has 1 heterocycles. The molecule has 3 N–H and O–H groups in total. The number of rotatable bonds is 4. The van der Waals surface area contributed by atoms with E-state index in [1.807, 2.05) is 0 Å². The average Bonchev–Trinajstić information content (AvgIpc) is 2.82. The topological polar surface area (TPSA) is 78.9 Å². The molecule has 1 atom stereocenters. The van der Waals surface area contributed by atoms with Gasteiger partial charge in [-0.2, -0.15) is 0 Å². The molecule has 2 fully saturated rings. The normalized spacial score (nSPS) is 34.0. The summed E-state index contributed by atoms with van der Waals surface area (Å²) in [6, 6.07) is -0.117. The van der Waals surface area contributed by atoms with Gasteiger partial charge in [-0.25, -0.2) is 4.99 Å². The highest BCUT2D eigenvalue weighted by Gasteiger charge is 2.38. The minimum absolute atomic E-state index is 0.0923. The molecule has 1 amide bonds. The summed E-state index contributed by atoms with van der Waals surface area (Å²) in [4.78, 5) is 18.8. The number of carbonyl (C=O) groups is 1. The van der Waals surface area contributed by atoms with Crippen LogP contribution < -0.4 is 5.73 Å². The zero-order valence-corrected chi connectivity index (χ0v) is 13.4. The van der Waals surface area contributed by atoms with Crippen molar-refractivity contribution in [2.45, 2.75) is 88.8 Å². The Hall–Kier alpha value is -1.10. The number of nitrogens with zero attached hydrogens (tertiary/aromatic N) is 2. The highest BCUT2D eigenvalue weighted by atomic mass is 16.3. The number of guanidine groups is 1. The second kappa shape index (κ2) is 6.99. The maximum atomic E-state index is 12.6. The summed E-state index contributed by atoms with van der Waals surface area (Å²) in [6.45, 7) is 0. The second-order valence-corrected chi connectivity index (χ2v) is 7.26. The van der Waals surface area contributed by atoms with Crippen molar-refractivity contribution in [2.24, 2.45) is 16.6 Å². The number of aliphatic hydroxyl groups excluding tert-OH is 1. The van der Waals surface area contributed by atoms with E-state index in [2.05, 4.69) is 4.99 Å². The maximum Gasteiger partial charge on any atom is 0.254 e. The van der Waals surface area contributed by atoms with Crippen LogP contribution in [0.15, 0.2) is 4.99 Å². The van der Waals surface area contributed by atoms with Crippen LogP contribution in [0.1, 0.15) is 70.6 Å². The molecule has 0 aromatic rings. The van der Waals surface area contributed by atoms with Gasteiger partial charge in [0.2, 0.25) is 0 Å². The first-order valence-electron chi connectivity index (χ1n) is 8.99. The van der Waals surface area contributed by atoms with Gasteiger partial charge in [0.05, 0.1) is 6.10 Å². The van der Waals surface area contributed by atoms with Crippen LogP contribution in [0.3, 0.4) is 0 Å². The van der Waals surface area contributed by atoms with Crippen LogP contribution in [0.25, 0.3) is 0 Å². The Morgan fingerprint density at radius 3 is 2.41 bits per heavy atom. The smallest absolute Gasteiger partial charge is 0.254 e. The maximum absolute atomic E-state index is 12.6. The number of hydrogen-bond acceptors (Lipinski definition) is 4. The van der Waals surface area contributed by atoms with Gasteiger partial charge in [0.1, 0.15) is 6.04 Å². The number of carbonyl (C=O) groups excluding carboxylic acids is 1.